The molecular formula is C26H42Mg. The van der Waals surface area contributed by atoms with Gasteiger partial charge in [0.1, 0.15) is 0 Å². The second-order valence-corrected chi connectivity index (χ2v) is 8.66. The van der Waals surface area contributed by atoms with Gasteiger partial charge in [-0.15, -0.1) is 0 Å². The zero-order valence-corrected chi connectivity index (χ0v) is 20.4. The van der Waals surface area contributed by atoms with Crippen LogP contribution in [-0.2, 0) is 25.7 Å². The van der Waals surface area contributed by atoms with Crippen molar-refractivity contribution >= 4 is 23.1 Å². The molecule has 0 aliphatic rings. The molecule has 0 spiro atoms. The molecule has 2 aromatic rings. The standard InChI is InChI=1S/2C13H21.Mg/c2*1-4-5-6-12-7-8-13(10-12)9-11(2)3;/h2*7-8,10-11H,4-6,9H2,1-3H3;/q2*-1;+2. The fraction of sp³-hybridized carbons (Fsp3) is 0.615. The largest absolute Gasteiger partial charge is 2.00 e. The van der Waals surface area contributed by atoms with E-state index in [-0.39, 0.29) is 23.1 Å². The number of rotatable bonds is 10. The average Bonchev–Trinajstić information content (AvgIpc) is 3.20. The predicted octanol–water partition coefficient (Wildman–Crippen LogP) is 7.51. The van der Waals surface area contributed by atoms with Gasteiger partial charge < -0.3 is 0 Å². The van der Waals surface area contributed by atoms with Crippen molar-refractivity contribution in [3.05, 3.63) is 58.7 Å². The Balaban J connectivity index is 0.000000483. The summed E-state index contributed by atoms with van der Waals surface area (Å²) in [6.07, 6.45) is 10.2. The van der Waals surface area contributed by atoms with Gasteiger partial charge in [0, 0.05) is 0 Å². The first-order valence-electron chi connectivity index (χ1n) is 10.9. The fourth-order valence-electron chi connectivity index (χ4n) is 3.37. The monoisotopic (exact) mass is 378 g/mol. The topological polar surface area (TPSA) is 0 Å². The Kier molecular flexibility index (Phi) is 15.1. The van der Waals surface area contributed by atoms with Gasteiger partial charge in [-0.3, -0.25) is 0 Å². The Labute approximate surface area is 186 Å². The molecule has 0 bridgehead atoms. The molecule has 2 aromatic carbocycles. The average molecular weight is 379 g/mol. The molecule has 0 aliphatic heterocycles. The van der Waals surface area contributed by atoms with Crippen LogP contribution in [0.2, 0.25) is 0 Å². The molecule has 0 N–H and O–H groups in total. The molecule has 0 heterocycles. The molecule has 0 fully saturated rings. The third kappa shape index (κ3) is 12.5. The van der Waals surface area contributed by atoms with E-state index in [1.165, 1.54) is 73.6 Å². The Morgan fingerprint density at radius 2 is 1.07 bits per heavy atom. The second-order valence-electron chi connectivity index (χ2n) is 8.66. The van der Waals surface area contributed by atoms with Crippen molar-refractivity contribution in [3.63, 3.8) is 0 Å². The van der Waals surface area contributed by atoms with E-state index in [1.54, 1.807) is 0 Å². The summed E-state index contributed by atoms with van der Waals surface area (Å²) in [7, 11) is 0. The van der Waals surface area contributed by atoms with Crippen LogP contribution in [0.3, 0.4) is 0 Å². The summed E-state index contributed by atoms with van der Waals surface area (Å²) in [4.78, 5) is 0. The van der Waals surface area contributed by atoms with Gasteiger partial charge >= 0.3 is 23.1 Å². The minimum Gasteiger partial charge on any atom is -0.210 e. The molecule has 27 heavy (non-hydrogen) atoms. The molecule has 2 rings (SSSR count). The first kappa shape index (κ1) is 26.5. The number of unbranched alkanes of at least 4 members (excludes halogenated alkanes) is 2. The van der Waals surface area contributed by atoms with Crippen molar-refractivity contribution in [3.8, 4) is 0 Å². The Morgan fingerprint density at radius 1 is 0.704 bits per heavy atom. The van der Waals surface area contributed by atoms with Crippen molar-refractivity contribution in [1.29, 1.82) is 0 Å². The molecule has 0 saturated heterocycles. The van der Waals surface area contributed by atoms with Gasteiger partial charge in [-0.05, 0) is 0 Å². The van der Waals surface area contributed by atoms with Crippen molar-refractivity contribution in [2.24, 2.45) is 11.8 Å². The van der Waals surface area contributed by atoms with Crippen LogP contribution in [0.15, 0.2) is 36.4 Å². The van der Waals surface area contributed by atoms with E-state index in [9.17, 15) is 0 Å². The molecule has 0 nitrogen and oxygen atoms in total. The molecule has 0 radical (unpaired) electrons. The fourth-order valence-corrected chi connectivity index (χ4v) is 3.37. The normalized spacial score (nSPS) is 10.7. The summed E-state index contributed by atoms with van der Waals surface area (Å²) in [5.74, 6) is 1.56. The Hall–Kier alpha value is -0.534. The first-order chi connectivity index (χ1) is 12.4. The minimum absolute atomic E-state index is 0. The van der Waals surface area contributed by atoms with E-state index in [4.69, 9.17) is 0 Å². The SMILES string of the molecule is CCCCc1cc[c-](CC(C)C)c1.CCCCc1cc[c-](CC(C)C)c1.[Mg+2]. The van der Waals surface area contributed by atoms with Crippen molar-refractivity contribution < 1.29 is 0 Å². The third-order valence-corrected chi connectivity index (χ3v) is 4.69. The Bertz CT molecular complexity index is 518. The molecule has 148 valence electrons. The molecule has 0 aliphatic carbocycles. The van der Waals surface area contributed by atoms with Crippen molar-refractivity contribution in [1.82, 2.24) is 0 Å². The van der Waals surface area contributed by atoms with E-state index < -0.39 is 0 Å². The second kappa shape index (κ2) is 15.4. The van der Waals surface area contributed by atoms with Crippen LogP contribution in [0, 0.1) is 11.8 Å². The van der Waals surface area contributed by atoms with Gasteiger partial charge in [-0.2, -0.15) is 46.5 Å². The molecule has 0 atom stereocenters. The molecule has 0 aromatic heterocycles. The van der Waals surface area contributed by atoms with Crippen LogP contribution in [-0.4, -0.2) is 23.1 Å². The van der Waals surface area contributed by atoms with Crippen LogP contribution in [0.4, 0.5) is 0 Å². The van der Waals surface area contributed by atoms with E-state index in [0.717, 1.165) is 11.8 Å². The quantitative estimate of drug-likeness (QED) is 0.296. The first-order valence-corrected chi connectivity index (χ1v) is 10.9. The van der Waals surface area contributed by atoms with Gasteiger partial charge in [0.05, 0.1) is 0 Å². The maximum atomic E-state index is 2.37. The third-order valence-electron chi connectivity index (χ3n) is 4.69. The maximum Gasteiger partial charge on any atom is 2.00 e. The maximum absolute atomic E-state index is 2.37. The van der Waals surface area contributed by atoms with Crippen LogP contribution in [0.1, 0.15) is 89.5 Å². The summed E-state index contributed by atoms with van der Waals surface area (Å²) in [6.45, 7) is 13.6. The zero-order valence-electron chi connectivity index (χ0n) is 19.0. The Morgan fingerprint density at radius 3 is 1.37 bits per heavy atom. The molecule has 0 amide bonds. The summed E-state index contributed by atoms with van der Waals surface area (Å²) in [6, 6.07) is 13.9. The van der Waals surface area contributed by atoms with E-state index in [2.05, 4.69) is 77.9 Å². The van der Waals surface area contributed by atoms with Crippen molar-refractivity contribution in [2.45, 2.75) is 92.9 Å². The van der Waals surface area contributed by atoms with E-state index in [1.807, 2.05) is 0 Å². The molecule has 1 heteroatoms. The van der Waals surface area contributed by atoms with Crippen LogP contribution < -0.4 is 0 Å². The van der Waals surface area contributed by atoms with E-state index >= 15 is 0 Å². The number of hydrogen-bond donors (Lipinski definition) is 0. The molecule has 0 unspecified atom stereocenters. The van der Waals surface area contributed by atoms with Crippen LogP contribution >= 0.6 is 0 Å². The van der Waals surface area contributed by atoms with Gasteiger partial charge in [0.2, 0.25) is 0 Å². The number of aryl methyl sites for hydroxylation is 2. The summed E-state index contributed by atoms with van der Waals surface area (Å²) in [5.41, 5.74) is 6.08. The summed E-state index contributed by atoms with van der Waals surface area (Å²) < 4.78 is 0. The summed E-state index contributed by atoms with van der Waals surface area (Å²) >= 11 is 0. The van der Waals surface area contributed by atoms with Crippen LogP contribution in [0.25, 0.3) is 0 Å². The van der Waals surface area contributed by atoms with Gasteiger partial charge in [-0.25, -0.2) is 12.1 Å². The molecule has 0 saturated carbocycles. The smallest absolute Gasteiger partial charge is 0.210 e. The predicted molar refractivity (Wildman–Crippen MR) is 124 cm³/mol. The summed E-state index contributed by atoms with van der Waals surface area (Å²) in [5, 5.41) is 0. The van der Waals surface area contributed by atoms with E-state index in [0.29, 0.717) is 0 Å². The van der Waals surface area contributed by atoms with Crippen LogP contribution in [0.5, 0.6) is 0 Å². The minimum atomic E-state index is 0. The van der Waals surface area contributed by atoms with Gasteiger partial charge in [0.15, 0.2) is 0 Å². The van der Waals surface area contributed by atoms with Gasteiger partial charge in [-0.1, -0.05) is 105 Å². The van der Waals surface area contributed by atoms with Crippen molar-refractivity contribution in [2.75, 3.05) is 0 Å². The zero-order chi connectivity index (χ0) is 19.4. The molecular weight excluding hydrogens is 337 g/mol. The number of hydrogen-bond acceptors (Lipinski definition) is 0. The van der Waals surface area contributed by atoms with Gasteiger partial charge in [0.25, 0.3) is 0 Å².